The first kappa shape index (κ1) is 19.0. The molecule has 0 bridgehead atoms. The maximum Gasteiger partial charge on any atom is 0.0975 e. The van der Waals surface area contributed by atoms with Crippen LogP contribution in [0.4, 0.5) is 0 Å². The molecular formula is C26H24N2O. The van der Waals surface area contributed by atoms with Crippen molar-refractivity contribution in [2.45, 2.75) is 26.1 Å². The summed E-state index contributed by atoms with van der Waals surface area (Å²) in [4.78, 5) is 9.60. The van der Waals surface area contributed by atoms with E-state index in [1.165, 1.54) is 0 Å². The largest absolute Gasteiger partial charge is 0.363 e. The Morgan fingerprint density at radius 1 is 0.690 bits per heavy atom. The summed E-state index contributed by atoms with van der Waals surface area (Å²) in [7, 11) is 0. The third-order valence-corrected chi connectivity index (χ3v) is 5.19. The summed E-state index contributed by atoms with van der Waals surface area (Å²) in [6.45, 7) is 11.7. The quantitative estimate of drug-likeness (QED) is 0.364. The van der Waals surface area contributed by atoms with E-state index in [1.54, 1.807) is 0 Å². The fourth-order valence-electron chi connectivity index (χ4n) is 3.45. The van der Waals surface area contributed by atoms with Crippen LogP contribution in [0.5, 0.6) is 0 Å². The maximum absolute atomic E-state index is 6.27. The van der Waals surface area contributed by atoms with Crippen LogP contribution < -0.4 is 0 Å². The molecule has 2 aromatic heterocycles. The summed E-state index contributed by atoms with van der Waals surface area (Å²) in [5, 5.41) is 2.21. The van der Waals surface area contributed by atoms with Gasteiger partial charge in [-0.25, -0.2) is 0 Å². The van der Waals surface area contributed by atoms with Crippen LogP contribution in [-0.2, 0) is 4.74 Å². The number of pyridine rings is 2. The Morgan fingerprint density at radius 2 is 1.10 bits per heavy atom. The molecular weight excluding hydrogens is 356 g/mol. The molecule has 0 saturated heterocycles. The van der Waals surface area contributed by atoms with Gasteiger partial charge in [-0.2, -0.15) is 0 Å². The smallest absolute Gasteiger partial charge is 0.0975 e. The number of ether oxygens (including phenoxy) is 1. The van der Waals surface area contributed by atoms with Crippen molar-refractivity contribution in [1.82, 2.24) is 9.97 Å². The number of hydrogen-bond donors (Lipinski definition) is 0. The molecule has 0 aliphatic carbocycles. The molecule has 4 rings (SSSR count). The molecule has 0 amide bonds. The fraction of sp³-hybridized carbons (Fsp3) is 0.154. The standard InChI is InChI=1S/C26H24N2O/c1-5-19-7-9-21-11-13-23(27-25(21)15-19)17(3)29-18(4)24-14-12-22-10-8-20(6-2)16-26(22)28-24/h5-18H,1-2H2,3-4H3. The van der Waals surface area contributed by atoms with Crippen LogP contribution in [0.3, 0.4) is 0 Å². The zero-order valence-electron chi connectivity index (χ0n) is 16.8. The number of hydrogen-bond acceptors (Lipinski definition) is 3. The minimum atomic E-state index is -0.154. The fourth-order valence-corrected chi connectivity index (χ4v) is 3.45. The molecule has 2 heterocycles. The van der Waals surface area contributed by atoms with E-state index < -0.39 is 0 Å². The summed E-state index contributed by atoms with van der Waals surface area (Å²) in [5.74, 6) is 0. The SMILES string of the molecule is C=Cc1ccc2ccc(C(C)OC(C)c3ccc4ccc(C=C)cc4n3)nc2c1. The van der Waals surface area contributed by atoms with Gasteiger partial charge in [0.2, 0.25) is 0 Å². The van der Waals surface area contributed by atoms with Crippen molar-refractivity contribution in [3.05, 3.63) is 96.3 Å². The average Bonchev–Trinajstić information content (AvgIpc) is 2.77. The van der Waals surface area contributed by atoms with Crippen molar-refractivity contribution >= 4 is 34.0 Å². The Kier molecular flexibility index (Phi) is 5.24. The molecule has 2 unspecified atom stereocenters. The van der Waals surface area contributed by atoms with Crippen molar-refractivity contribution in [2.75, 3.05) is 0 Å². The molecule has 2 aromatic carbocycles. The van der Waals surface area contributed by atoms with Gasteiger partial charge < -0.3 is 4.74 Å². The highest BCUT2D eigenvalue weighted by Crippen LogP contribution is 2.27. The van der Waals surface area contributed by atoms with Gasteiger partial charge in [0.15, 0.2) is 0 Å². The summed E-state index contributed by atoms with van der Waals surface area (Å²) in [5.41, 5.74) is 5.82. The number of rotatable bonds is 6. The molecule has 0 saturated carbocycles. The second-order valence-electron chi connectivity index (χ2n) is 7.21. The Balaban J connectivity index is 1.58. The number of benzene rings is 2. The second kappa shape index (κ2) is 7.98. The minimum Gasteiger partial charge on any atom is -0.363 e. The van der Waals surface area contributed by atoms with Crippen LogP contribution >= 0.6 is 0 Å². The van der Waals surface area contributed by atoms with Crippen LogP contribution in [0.2, 0.25) is 0 Å². The highest BCUT2D eigenvalue weighted by molar-refractivity contribution is 5.82. The van der Waals surface area contributed by atoms with Crippen molar-refractivity contribution in [3.63, 3.8) is 0 Å². The first-order valence-corrected chi connectivity index (χ1v) is 9.79. The highest BCUT2D eigenvalue weighted by Gasteiger charge is 2.16. The van der Waals surface area contributed by atoms with Gasteiger partial charge in [0.05, 0.1) is 34.6 Å². The molecule has 2 atom stereocenters. The van der Waals surface area contributed by atoms with Crippen molar-refractivity contribution in [1.29, 1.82) is 0 Å². The lowest BCUT2D eigenvalue weighted by molar-refractivity contribution is 0.00163. The lowest BCUT2D eigenvalue weighted by Gasteiger charge is -2.19. The van der Waals surface area contributed by atoms with Gasteiger partial charge >= 0.3 is 0 Å². The summed E-state index contributed by atoms with van der Waals surface area (Å²) in [6.07, 6.45) is 3.36. The maximum atomic E-state index is 6.27. The molecule has 0 spiro atoms. The van der Waals surface area contributed by atoms with Gasteiger partial charge in [-0.3, -0.25) is 9.97 Å². The topological polar surface area (TPSA) is 35.0 Å². The molecule has 3 heteroatoms. The van der Waals surface area contributed by atoms with E-state index >= 15 is 0 Å². The second-order valence-corrected chi connectivity index (χ2v) is 7.21. The predicted molar refractivity (Wildman–Crippen MR) is 122 cm³/mol. The van der Waals surface area contributed by atoms with E-state index in [0.29, 0.717) is 0 Å². The third kappa shape index (κ3) is 3.96. The Bertz CT molecular complexity index is 1120. The summed E-state index contributed by atoms with van der Waals surface area (Å²) < 4.78 is 6.27. The molecule has 0 aliphatic rings. The first-order valence-electron chi connectivity index (χ1n) is 9.79. The van der Waals surface area contributed by atoms with E-state index in [2.05, 4.69) is 37.4 Å². The molecule has 0 radical (unpaired) electrons. The van der Waals surface area contributed by atoms with Gasteiger partial charge in [-0.05, 0) is 49.2 Å². The third-order valence-electron chi connectivity index (χ3n) is 5.19. The van der Waals surface area contributed by atoms with Crippen molar-refractivity contribution in [2.24, 2.45) is 0 Å². The number of aromatic nitrogens is 2. The van der Waals surface area contributed by atoms with Crippen LogP contribution in [0, 0.1) is 0 Å². The zero-order chi connectivity index (χ0) is 20.4. The van der Waals surface area contributed by atoms with Crippen LogP contribution in [0.1, 0.15) is 48.6 Å². The summed E-state index contributed by atoms with van der Waals surface area (Å²) >= 11 is 0. The summed E-state index contributed by atoms with van der Waals surface area (Å²) in [6, 6.07) is 20.5. The Morgan fingerprint density at radius 3 is 1.52 bits per heavy atom. The van der Waals surface area contributed by atoms with E-state index in [-0.39, 0.29) is 12.2 Å². The average molecular weight is 380 g/mol. The molecule has 29 heavy (non-hydrogen) atoms. The number of fused-ring (bicyclic) bond motifs is 2. The normalized spacial score (nSPS) is 13.3. The highest BCUT2D eigenvalue weighted by atomic mass is 16.5. The monoisotopic (exact) mass is 380 g/mol. The van der Waals surface area contributed by atoms with Crippen LogP contribution in [-0.4, -0.2) is 9.97 Å². The van der Waals surface area contributed by atoms with Gasteiger partial charge in [0, 0.05) is 10.8 Å². The molecule has 0 N–H and O–H groups in total. The first-order chi connectivity index (χ1) is 14.1. The molecule has 4 aromatic rings. The van der Waals surface area contributed by atoms with Crippen LogP contribution in [0.25, 0.3) is 34.0 Å². The van der Waals surface area contributed by atoms with Gasteiger partial charge in [0.25, 0.3) is 0 Å². The van der Waals surface area contributed by atoms with E-state index in [9.17, 15) is 0 Å². The van der Waals surface area contributed by atoms with Crippen molar-refractivity contribution in [3.8, 4) is 0 Å². The van der Waals surface area contributed by atoms with Gasteiger partial charge in [-0.15, -0.1) is 0 Å². The van der Waals surface area contributed by atoms with E-state index in [0.717, 1.165) is 44.3 Å². The Labute approximate surface area is 171 Å². The molecule has 0 fully saturated rings. The molecule has 0 aliphatic heterocycles. The lowest BCUT2D eigenvalue weighted by atomic mass is 10.1. The van der Waals surface area contributed by atoms with E-state index in [1.807, 2.05) is 62.4 Å². The lowest BCUT2D eigenvalue weighted by Crippen LogP contribution is -2.08. The van der Waals surface area contributed by atoms with Gasteiger partial charge in [-0.1, -0.05) is 61.7 Å². The van der Waals surface area contributed by atoms with E-state index in [4.69, 9.17) is 14.7 Å². The number of nitrogens with zero attached hydrogens (tertiary/aromatic N) is 2. The zero-order valence-corrected chi connectivity index (χ0v) is 16.8. The molecule has 144 valence electrons. The van der Waals surface area contributed by atoms with Gasteiger partial charge in [0.1, 0.15) is 0 Å². The van der Waals surface area contributed by atoms with Crippen molar-refractivity contribution < 1.29 is 4.74 Å². The Hall–Kier alpha value is -3.30. The minimum absolute atomic E-state index is 0.154. The van der Waals surface area contributed by atoms with Crippen LogP contribution in [0.15, 0.2) is 73.8 Å². The predicted octanol–water partition coefficient (Wildman–Crippen LogP) is 6.91. The molecule has 3 nitrogen and oxygen atoms in total.